The minimum atomic E-state index is 0.232. The van der Waals surface area contributed by atoms with E-state index in [9.17, 15) is 4.79 Å². The molecule has 0 saturated heterocycles. The fraction of sp³-hybridized carbons (Fsp3) is 0.118. The normalized spacial score (nSPS) is 12.6. The molecule has 3 aromatic rings. The van der Waals surface area contributed by atoms with Crippen LogP contribution in [-0.4, -0.2) is 20.2 Å². The van der Waals surface area contributed by atoms with E-state index < -0.39 is 0 Å². The van der Waals surface area contributed by atoms with Crippen LogP contribution in [0.2, 0.25) is 0 Å². The molecule has 1 aliphatic heterocycles. The Labute approximate surface area is 126 Å². The molecule has 1 aromatic heterocycles. The van der Waals surface area contributed by atoms with Crippen molar-refractivity contribution in [2.45, 2.75) is 0 Å². The number of hydrogen-bond donors (Lipinski definition) is 0. The summed E-state index contributed by atoms with van der Waals surface area (Å²) in [4.78, 5) is 11.0. The molecule has 0 spiro atoms. The third-order valence-corrected chi connectivity index (χ3v) is 3.62. The fourth-order valence-electron chi connectivity index (χ4n) is 2.55. The van der Waals surface area contributed by atoms with Crippen LogP contribution in [0.15, 0.2) is 40.8 Å². The van der Waals surface area contributed by atoms with Crippen LogP contribution in [0.5, 0.6) is 17.2 Å². The molecule has 0 saturated carbocycles. The average Bonchev–Trinajstić information content (AvgIpc) is 3.19. The van der Waals surface area contributed by atoms with Gasteiger partial charge in [-0.3, -0.25) is 4.79 Å². The molecule has 0 unspecified atom stereocenters. The zero-order chi connectivity index (χ0) is 15.1. The second-order valence-electron chi connectivity index (χ2n) is 4.94. The van der Waals surface area contributed by atoms with E-state index in [1.165, 1.54) is 0 Å². The zero-order valence-electron chi connectivity index (χ0n) is 11.8. The second kappa shape index (κ2) is 4.80. The largest absolute Gasteiger partial charge is 0.493 e. The fourth-order valence-corrected chi connectivity index (χ4v) is 2.55. The Morgan fingerprint density at radius 2 is 1.95 bits per heavy atom. The van der Waals surface area contributed by atoms with Gasteiger partial charge in [0.25, 0.3) is 0 Å². The number of fused-ring (bicyclic) bond motifs is 2. The number of aldehydes is 1. The molecule has 110 valence electrons. The summed E-state index contributed by atoms with van der Waals surface area (Å²) in [5.74, 6) is 2.63. The first kappa shape index (κ1) is 12.8. The van der Waals surface area contributed by atoms with Gasteiger partial charge in [-0.1, -0.05) is 0 Å². The molecular formula is C17H12O5. The number of hydrogen-bond acceptors (Lipinski definition) is 5. The SMILES string of the molecule is COc1cc(C=O)cc2cc(-c3ccc4c(c3)OCO4)oc12. The summed E-state index contributed by atoms with van der Waals surface area (Å²) in [5, 5.41) is 0.814. The molecule has 2 aromatic carbocycles. The van der Waals surface area contributed by atoms with Crippen molar-refractivity contribution in [1.29, 1.82) is 0 Å². The lowest BCUT2D eigenvalue weighted by Crippen LogP contribution is -1.92. The molecule has 0 aliphatic carbocycles. The highest BCUT2D eigenvalue weighted by atomic mass is 16.7. The summed E-state index contributed by atoms with van der Waals surface area (Å²) < 4.78 is 21.9. The quantitative estimate of drug-likeness (QED) is 0.690. The zero-order valence-corrected chi connectivity index (χ0v) is 11.8. The molecule has 4 rings (SSSR count). The summed E-state index contributed by atoms with van der Waals surface area (Å²) in [5.41, 5.74) is 2.03. The Kier molecular flexibility index (Phi) is 2.79. The number of furan rings is 1. The highest BCUT2D eigenvalue weighted by molar-refractivity contribution is 5.93. The molecule has 0 fully saturated rings. The van der Waals surface area contributed by atoms with Gasteiger partial charge in [0.05, 0.1) is 7.11 Å². The first-order valence-corrected chi connectivity index (χ1v) is 6.75. The highest BCUT2D eigenvalue weighted by Gasteiger charge is 2.17. The van der Waals surface area contributed by atoms with Gasteiger partial charge < -0.3 is 18.6 Å². The summed E-state index contributed by atoms with van der Waals surface area (Å²) in [6.07, 6.45) is 0.787. The van der Waals surface area contributed by atoms with Gasteiger partial charge in [-0.2, -0.15) is 0 Å². The van der Waals surface area contributed by atoms with Crippen molar-refractivity contribution in [2.24, 2.45) is 0 Å². The molecule has 2 heterocycles. The number of ether oxygens (including phenoxy) is 3. The molecule has 0 amide bonds. The van der Waals surface area contributed by atoms with E-state index in [1.807, 2.05) is 24.3 Å². The second-order valence-corrected chi connectivity index (χ2v) is 4.94. The topological polar surface area (TPSA) is 57.9 Å². The van der Waals surface area contributed by atoms with Crippen LogP contribution in [0.4, 0.5) is 0 Å². The Balaban J connectivity index is 1.87. The van der Waals surface area contributed by atoms with Gasteiger partial charge in [-0.15, -0.1) is 0 Å². The Morgan fingerprint density at radius 3 is 2.77 bits per heavy atom. The van der Waals surface area contributed by atoms with Crippen LogP contribution in [0.3, 0.4) is 0 Å². The van der Waals surface area contributed by atoms with Crippen LogP contribution in [0, 0.1) is 0 Å². The molecule has 5 heteroatoms. The van der Waals surface area contributed by atoms with Crippen LogP contribution in [0.25, 0.3) is 22.3 Å². The van der Waals surface area contributed by atoms with E-state index in [-0.39, 0.29) is 6.79 Å². The lowest BCUT2D eigenvalue weighted by Gasteiger charge is -2.01. The Bertz CT molecular complexity index is 878. The van der Waals surface area contributed by atoms with Crippen LogP contribution >= 0.6 is 0 Å². The van der Waals surface area contributed by atoms with Crippen molar-refractivity contribution in [2.75, 3.05) is 13.9 Å². The van der Waals surface area contributed by atoms with Gasteiger partial charge in [-0.05, 0) is 36.4 Å². The lowest BCUT2D eigenvalue weighted by atomic mass is 10.1. The molecule has 0 N–H and O–H groups in total. The molecular weight excluding hydrogens is 284 g/mol. The van der Waals surface area contributed by atoms with E-state index in [1.54, 1.807) is 19.2 Å². The van der Waals surface area contributed by atoms with E-state index >= 15 is 0 Å². The summed E-state index contributed by atoms with van der Waals surface area (Å²) in [6.45, 7) is 0.232. The minimum absolute atomic E-state index is 0.232. The molecule has 22 heavy (non-hydrogen) atoms. The smallest absolute Gasteiger partial charge is 0.231 e. The standard InChI is InChI=1S/C17H12O5/c1-19-16-5-10(8-18)4-12-7-14(22-17(12)16)11-2-3-13-15(6-11)21-9-20-13/h2-8H,9H2,1H3. The van der Waals surface area contributed by atoms with Crippen molar-refractivity contribution in [3.8, 4) is 28.6 Å². The number of carbonyl (C=O) groups excluding carboxylic acids is 1. The molecule has 5 nitrogen and oxygen atoms in total. The maximum Gasteiger partial charge on any atom is 0.231 e. The first-order chi connectivity index (χ1) is 10.8. The Morgan fingerprint density at radius 1 is 1.09 bits per heavy atom. The molecule has 0 atom stereocenters. The van der Waals surface area contributed by atoms with Crippen molar-refractivity contribution >= 4 is 17.3 Å². The number of benzene rings is 2. The van der Waals surface area contributed by atoms with Gasteiger partial charge in [0.2, 0.25) is 6.79 Å². The van der Waals surface area contributed by atoms with Crippen LogP contribution in [0.1, 0.15) is 10.4 Å². The lowest BCUT2D eigenvalue weighted by molar-refractivity contribution is 0.112. The Hall–Kier alpha value is -2.95. The van der Waals surface area contributed by atoms with E-state index in [0.29, 0.717) is 28.4 Å². The predicted molar refractivity (Wildman–Crippen MR) is 79.7 cm³/mol. The number of carbonyl (C=O) groups is 1. The minimum Gasteiger partial charge on any atom is -0.493 e. The molecule has 1 aliphatic rings. The predicted octanol–water partition coefficient (Wildman–Crippen LogP) is 3.65. The van der Waals surface area contributed by atoms with E-state index in [0.717, 1.165) is 23.0 Å². The van der Waals surface area contributed by atoms with Gasteiger partial charge in [0, 0.05) is 16.5 Å². The van der Waals surface area contributed by atoms with Gasteiger partial charge in [0.1, 0.15) is 12.0 Å². The maximum absolute atomic E-state index is 11.0. The van der Waals surface area contributed by atoms with Crippen molar-refractivity contribution in [3.63, 3.8) is 0 Å². The van der Waals surface area contributed by atoms with Crippen molar-refractivity contribution in [1.82, 2.24) is 0 Å². The molecule has 0 radical (unpaired) electrons. The summed E-state index contributed by atoms with van der Waals surface area (Å²) >= 11 is 0. The number of rotatable bonds is 3. The van der Waals surface area contributed by atoms with Crippen molar-refractivity contribution in [3.05, 3.63) is 42.0 Å². The third-order valence-electron chi connectivity index (χ3n) is 3.62. The van der Waals surface area contributed by atoms with Crippen molar-refractivity contribution < 1.29 is 23.4 Å². The summed E-state index contributed by atoms with van der Waals surface area (Å²) in [7, 11) is 1.55. The van der Waals surface area contributed by atoms with E-state index in [4.69, 9.17) is 18.6 Å². The van der Waals surface area contributed by atoms with Crippen LogP contribution < -0.4 is 14.2 Å². The molecule has 0 bridgehead atoms. The average molecular weight is 296 g/mol. The monoisotopic (exact) mass is 296 g/mol. The maximum atomic E-state index is 11.0. The number of methoxy groups -OCH3 is 1. The van der Waals surface area contributed by atoms with Gasteiger partial charge in [0.15, 0.2) is 22.8 Å². The van der Waals surface area contributed by atoms with Crippen LogP contribution in [-0.2, 0) is 0 Å². The first-order valence-electron chi connectivity index (χ1n) is 6.75. The summed E-state index contributed by atoms with van der Waals surface area (Å²) in [6, 6.07) is 10.9. The van der Waals surface area contributed by atoms with Gasteiger partial charge in [-0.25, -0.2) is 0 Å². The van der Waals surface area contributed by atoms with E-state index in [2.05, 4.69) is 0 Å². The third kappa shape index (κ3) is 1.90. The van der Waals surface area contributed by atoms with Gasteiger partial charge >= 0.3 is 0 Å². The highest BCUT2D eigenvalue weighted by Crippen LogP contribution is 2.39.